The topological polar surface area (TPSA) is 83.1 Å². The Morgan fingerprint density at radius 2 is 1.83 bits per heavy atom. The maximum atomic E-state index is 12.6. The van der Waals surface area contributed by atoms with E-state index in [-0.39, 0.29) is 42.7 Å². The predicted octanol–water partition coefficient (Wildman–Crippen LogP) is 4.04. The number of nitrogens with zero attached hydrogens (tertiary/aromatic N) is 1. The fourth-order valence-electron chi connectivity index (χ4n) is 4.11. The molecule has 1 aliphatic heterocycles. The van der Waals surface area contributed by atoms with E-state index in [1.807, 2.05) is 6.07 Å². The highest BCUT2D eigenvalue weighted by Gasteiger charge is 2.38. The van der Waals surface area contributed by atoms with Crippen LogP contribution in [0.3, 0.4) is 0 Å². The quantitative estimate of drug-likeness (QED) is 0.675. The molecule has 0 radical (unpaired) electrons. The van der Waals surface area contributed by atoms with Crippen LogP contribution in [0.1, 0.15) is 42.5 Å². The van der Waals surface area contributed by atoms with Crippen molar-refractivity contribution in [3.63, 3.8) is 0 Å². The van der Waals surface area contributed by atoms with Gasteiger partial charge in [-0.2, -0.15) is 0 Å². The van der Waals surface area contributed by atoms with Gasteiger partial charge in [-0.15, -0.1) is 24.8 Å². The number of carbonyl (C=O) groups excluding carboxylic acids is 2. The van der Waals surface area contributed by atoms with Gasteiger partial charge in [-0.1, -0.05) is 25.0 Å². The van der Waals surface area contributed by atoms with Crippen LogP contribution in [0, 0.1) is 5.92 Å². The lowest BCUT2D eigenvalue weighted by atomic mass is 9.85. The number of anilines is 2. The van der Waals surface area contributed by atoms with Crippen molar-refractivity contribution in [2.45, 2.75) is 44.2 Å². The number of carbonyl (C=O) groups is 2. The number of halogens is 2. The molecule has 2 amide bonds. The Labute approximate surface area is 183 Å². The molecule has 1 aromatic carbocycles. The first-order chi connectivity index (χ1) is 13.2. The van der Waals surface area contributed by atoms with E-state index in [0.717, 1.165) is 12.8 Å². The molecule has 1 aliphatic carbocycles. The lowest BCUT2D eigenvalue weighted by molar-refractivity contribution is -0.117. The Morgan fingerprint density at radius 3 is 2.59 bits per heavy atom. The Morgan fingerprint density at radius 1 is 1.00 bits per heavy atom. The number of benzene rings is 1. The molecule has 3 unspecified atom stereocenters. The van der Waals surface area contributed by atoms with Crippen molar-refractivity contribution < 1.29 is 9.59 Å². The van der Waals surface area contributed by atoms with Crippen LogP contribution in [-0.4, -0.2) is 28.9 Å². The summed E-state index contributed by atoms with van der Waals surface area (Å²) in [6, 6.07) is 12.6. The summed E-state index contributed by atoms with van der Waals surface area (Å²) in [4.78, 5) is 29.1. The second-order valence-corrected chi connectivity index (χ2v) is 7.35. The maximum absolute atomic E-state index is 12.6. The molecule has 1 aromatic heterocycles. The first-order valence-corrected chi connectivity index (χ1v) is 9.58. The van der Waals surface area contributed by atoms with E-state index in [9.17, 15) is 9.59 Å². The van der Waals surface area contributed by atoms with E-state index in [4.69, 9.17) is 0 Å². The van der Waals surface area contributed by atoms with Crippen molar-refractivity contribution in [3.05, 3.63) is 54.2 Å². The van der Waals surface area contributed by atoms with Crippen molar-refractivity contribution in [1.29, 1.82) is 0 Å². The van der Waals surface area contributed by atoms with E-state index in [0.29, 0.717) is 29.0 Å². The fourth-order valence-corrected chi connectivity index (χ4v) is 4.11. The van der Waals surface area contributed by atoms with Gasteiger partial charge in [0, 0.05) is 23.5 Å². The minimum absolute atomic E-state index is 0. The van der Waals surface area contributed by atoms with Crippen LogP contribution in [0.5, 0.6) is 0 Å². The smallest absolute Gasteiger partial charge is 0.256 e. The molecule has 0 spiro atoms. The fraction of sp³-hybridized carbons (Fsp3) is 0.381. The van der Waals surface area contributed by atoms with Gasteiger partial charge >= 0.3 is 0 Å². The number of pyridine rings is 1. The first-order valence-electron chi connectivity index (χ1n) is 9.58. The molecule has 2 aromatic rings. The van der Waals surface area contributed by atoms with Crippen LogP contribution in [0.4, 0.5) is 11.5 Å². The average Bonchev–Trinajstić information content (AvgIpc) is 3.13. The predicted molar refractivity (Wildman–Crippen MR) is 119 cm³/mol. The third-order valence-electron chi connectivity index (χ3n) is 5.48. The normalized spacial score (nSPS) is 22.4. The van der Waals surface area contributed by atoms with E-state index < -0.39 is 0 Å². The summed E-state index contributed by atoms with van der Waals surface area (Å²) in [6.45, 7) is 0. The third-order valence-corrected chi connectivity index (χ3v) is 5.48. The van der Waals surface area contributed by atoms with Crippen molar-refractivity contribution >= 4 is 48.1 Å². The molecule has 8 heteroatoms. The van der Waals surface area contributed by atoms with Crippen LogP contribution in [0.25, 0.3) is 0 Å². The molecule has 1 saturated heterocycles. The van der Waals surface area contributed by atoms with Crippen molar-refractivity contribution in [3.8, 4) is 0 Å². The second-order valence-electron chi connectivity index (χ2n) is 7.35. The van der Waals surface area contributed by atoms with Gasteiger partial charge in [0.15, 0.2) is 0 Å². The molecule has 6 nitrogen and oxygen atoms in total. The molecule has 3 atom stereocenters. The van der Waals surface area contributed by atoms with E-state index in [2.05, 4.69) is 20.9 Å². The lowest BCUT2D eigenvalue weighted by Crippen LogP contribution is -2.39. The number of aromatic nitrogens is 1. The van der Waals surface area contributed by atoms with E-state index >= 15 is 0 Å². The van der Waals surface area contributed by atoms with Gasteiger partial charge in [-0.05, 0) is 55.5 Å². The Bertz CT molecular complexity index is 820. The SMILES string of the molecule is Cl.Cl.O=C(Nc1ccccn1)c1cccc(NC(=O)C2CC3CCCCC3N2)c1. The van der Waals surface area contributed by atoms with E-state index in [1.165, 1.54) is 19.3 Å². The Hall–Kier alpha value is -2.15. The molecule has 156 valence electrons. The second kappa shape index (κ2) is 10.6. The number of rotatable bonds is 4. The maximum Gasteiger partial charge on any atom is 0.256 e. The van der Waals surface area contributed by atoms with Crippen molar-refractivity contribution in [2.75, 3.05) is 10.6 Å². The molecule has 0 bridgehead atoms. The zero-order valence-electron chi connectivity index (χ0n) is 16.0. The summed E-state index contributed by atoms with van der Waals surface area (Å²) in [7, 11) is 0. The summed E-state index contributed by atoms with van der Waals surface area (Å²) in [6.07, 6.45) is 7.41. The Balaban J connectivity index is 0.00000150. The number of hydrogen-bond donors (Lipinski definition) is 3. The average molecular weight is 437 g/mol. The van der Waals surface area contributed by atoms with Crippen molar-refractivity contribution in [1.82, 2.24) is 10.3 Å². The largest absolute Gasteiger partial charge is 0.325 e. The number of fused-ring (bicyclic) bond motifs is 1. The molecule has 3 N–H and O–H groups in total. The standard InChI is InChI=1S/C21H24N4O2.2ClH/c26-20(25-19-10-3-4-11-22-19)15-7-5-8-16(12-15)23-21(27)18-13-14-6-1-2-9-17(14)24-18;;/h3-5,7-8,10-12,14,17-18,24H,1-2,6,9,13H2,(H,23,27)(H,22,25,26);2*1H. The highest BCUT2D eigenvalue weighted by Crippen LogP contribution is 2.33. The molecule has 2 aliphatic rings. The first kappa shape index (κ1) is 23.1. The lowest BCUT2D eigenvalue weighted by Gasteiger charge is -2.24. The van der Waals surface area contributed by atoms with Gasteiger partial charge < -0.3 is 16.0 Å². The summed E-state index contributed by atoms with van der Waals surface area (Å²) in [5.74, 6) is 0.834. The summed E-state index contributed by atoms with van der Waals surface area (Å²) in [5.41, 5.74) is 1.11. The van der Waals surface area contributed by atoms with Gasteiger partial charge in [0.1, 0.15) is 5.82 Å². The van der Waals surface area contributed by atoms with Gasteiger partial charge in [0.05, 0.1) is 6.04 Å². The van der Waals surface area contributed by atoms with Crippen molar-refractivity contribution in [2.24, 2.45) is 5.92 Å². The van der Waals surface area contributed by atoms with Crippen LogP contribution >= 0.6 is 24.8 Å². The monoisotopic (exact) mass is 436 g/mol. The minimum Gasteiger partial charge on any atom is -0.325 e. The van der Waals surface area contributed by atoms with Gasteiger partial charge in [-0.3, -0.25) is 9.59 Å². The van der Waals surface area contributed by atoms with Crippen LogP contribution in [-0.2, 0) is 4.79 Å². The zero-order chi connectivity index (χ0) is 18.6. The highest BCUT2D eigenvalue weighted by atomic mass is 35.5. The van der Waals surface area contributed by atoms with Crippen LogP contribution in [0.2, 0.25) is 0 Å². The van der Waals surface area contributed by atoms with Crippen LogP contribution < -0.4 is 16.0 Å². The number of nitrogens with one attached hydrogen (secondary N) is 3. The molecular formula is C21H26Cl2N4O2. The third kappa shape index (κ3) is 5.69. The summed E-state index contributed by atoms with van der Waals surface area (Å²) >= 11 is 0. The number of amides is 2. The van der Waals surface area contributed by atoms with Gasteiger partial charge in [0.2, 0.25) is 5.91 Å². The van der Waals surface area contributed by atoms with Crippen LogP contribution in [0.15, 0.2) is 48.7 Å². The van der Waals surface area contributed by atoms with Gasteiger partial charge in [0.25, 0.3) is 5.91 Å². The molecule has 2 fully saturated rings. The molecule has 2 heterocycles. The number of hydrogen-bond acceptors (Lipinski definition) is 4. The molecular weight excluding hydrogens is 411 g/mol. The summed E-state index contributed by atoms with van der Waals surface area (Å²) < 4.78 is 0. The molecule has 29 heavy (non-hydrogen) atoms. The van der Waals surface area contributed by atoms with Gasteiger partial charge in [-0.25, -0.2) is 4.98 Å². The minimum atomic E-state index is -0.255. The highest BCUT2D eigenvalue weighted by molar-refractivity contribution is 6.05. The summed E-state index contributed by atoms with van der Waals surface area (Å²) in [5, 5.41) is 9.19. The Kier molecular flexibility index (Phi) is 8.44. The molecule has 1 saturated carbocycles. The zero-order valence-corrected chi connectivity index (χ0v) is 17.6. The van der Waals surface area contributed by atoms with E-state index in [1.54, 1.807) is 42.6 Å². The molecule has 4 rings (SSSR count).